The first kappa shape index (κ1) is 20.7. The molecule has 0 atom stereocenters. The zero-order valence-corrected chi connectivity index (χ0v) is 19.3. The van der Waals surface area contributed by atoms with Crippen LogP contribution < -0.4 is 5.73 Å². The van der Waals surface area contributed by atoms with Gasteiger partial charge in [-0.25, -0.2) is 9.31 Å². The van der Waals surface area contributed by atoms with E-state index < -0.39 is 5.60 Å². The summed E-state index contributed by atoms with van der Waals surface area (Å²) in [5.41, 5.74) is 10.2. The Kier molecular flexibility index (Phi) is 5.25. The van der Waals surface area contributed by atoms with Gasteiger partial charge in [0.15, 0.2) is 0 Å². The van der Waals surface area contributed by atoms with E-state index in [0.29, 0.717) is 18.8 Å². The fourth-order valence-corrected chi connectivity index (χ4v) is 4.59. The van der Waals surface area contributed by atoms with E-state index in [0.717, 1.165) is 39.7 Å². The monoisotopic (exact) mass is 474 g/mol. The number of nitrogen functional groups attached to an aromatic ring is 1. The predicted octanol–water partition coefficient (Wildman–Crippen LogP) is 4.42. The number of aromatic nitrogens is 4. The molecule has 0 radical (unpaired) electrons. The Morgan fingerprint density at radius 3 is 2.60 bits per heavy atom. The molecular weight excluding hydrogens is 448 g/mol. The molecule has 3 aromatic rings. The average Bonchev–Trinajstić information content (AvgIpc) is 3.23. The van der Waals surface area contributed by atoms with Gasteiger partial charge in [-0.1, -0.05) is 0 Å². The summed E-state index contributed by atoms with van der Waals surface area (Å²) in [7, 11) is 0. The smallest absolute Gasteiger partial charge is 0.410 e. The Morgan fingerprint density at radius 2 is 1.93 bits per heavy atom. The molecule has 0 aromatic carbocycles. The summed E-state index contributed by atoms with van der Waals surface area (Å²) < 4.78 is 10.3. The Morgan fingerprint density at radius 1 is 1.23 bits per heavy atom. The highest BCUT2D eigenvalue weighted by molar-refractivity contribution is 9.10. The lowest BCUT2D eigenvalue weighted by Crippen LogP contribution is -2.42. The summed E-state index contributed by atoms with van der Waals surface area (Å²) in [5.74, 6) is 0. The van der Waals surface area contributed by atoms with Gasteiger partial charge in [0.05, 0.1) is 24.1 Å². The van der Waals surface area contributed by atoms with Crippen LogP contribution in [0.15, 0.2) is 29.1 Å². The third-order valence-corrected chi connectivity index (χ3v) is 6.02. The molecule has 0 bridgehead atoms. The minimum absolute atomic E-state index is 0.240. The number of rotatable bonds is 2. The Hall–Kier alpha value is -2.55. The van der Waals surface area contributed by atoms with Gasteiger partial charge < -0.3 is 15.4 Å². The minimum Gasteiger partial charge on any atom is -0.444 e. The van der Waals surface area contributed by atoms with E-state index in [1.807, 2.05) is 39.2 Å². The topological polar surface area (TPSA) is 90.7 Å². The lowest BCUT2D eigenvalue weighted by atomic mass is 10.0. The number of carbonyl (C=O) groups is 1. The Labute approximate surface area is 184 Å². The van der Waals surface area contributed by atoms with Crippen molar-refractivity contribution in [2.75, 3.05) is 18.8 Å². The molecule has 1 aliphatic rings. The van der Waals surface area contributed by atoms with Crippen LogP contribution in [-0.4, -0.2) is 49.1 Å². The SMILES string of the molecule is Cc1c(-c2cc(Br)c3c(N)cnn3c2)cnn1C1CCN(C(=O)OC(C)(C)C)CC1. The van der Waals surface area contributed by atoms with Crippen molar-refractivity contribution >= 4 is 33.2 Å². The van der Waals surface area contributed by atoms with Crippen molar-refractivity contribution in [2.24, 2.45) is 0 Å². The van der Waals surface area contributed by atoms with Gasteiger partial charge in [-0.05, 0) is 62.5 Å². The highest BCUT2D eigenvalue weighted by Crippen LogP contribution is 2.33. The maximum atomic E-state index is 12.3. The summed E-state index contributed by atoms with van der Waals surface area (Å²) in [6.07, 6.45) is 6.97. The molecule has 4 heterocycles. The quantitative estimate of drug-likeness (QED) is 0.593. The molecule has 9 heteroatoms. The van der Waals surface area contributed by atoms with Gasteiger partial charge in [0.2, 0.25) is 0 Å². The summed E-state index contributed by atoms with van der Waals surface area (Å²) in [5, 5.41) is 9.00. The number of likely N-dealkylation sites (tertiary alicyclic amines) is 1. The molecule has 30 heavy (non-hydrogen) atoms. The van der Waals surface area contributed by atoms with Crippen LogP contribution in [0, 0.1) is 6.92 Å². The predicted molar refractivity (Wildman–Crippen MR) is 119 cm³/mol. The first-order valence-corrected chi connectivity index (χ1v) is 10.9. The van der Waals surface area contributed by atoms with E-state index in [-0.39, 0.29) is 12.1 Å². The number of ether oxygens (including phenoxy) is 1. The zero-order valence-electron chi connectivity index (χ0n) is 17.7. The van der Waals surface area contributed by atoms with Crippen LogP contribution in [0.25, 0.3) is 16.6 Å². The second-order valence-electron chi connectivity index (χ2n) is 8.76. The van der Waals surface area contributed by atoms with Crippen LogP contribution in [-0.2, 0) is 4.74 Å². The number of anilines is 1. The van der Waals surface area contributed by atoms with Gasteiger partial charge in [-0.15, -0.1) is 0 Å². The van der Waals surface area contributed by atoms with Crippen LogP contribution in [0.2, 0.25) is 0 Å². The van der Waals surface area contributed by atoms with E-state index in [2.05, 4.69) is 37.7 Å². The van der Waals surface area contributed by atoms with Gasteiger partial charge >= 0.3 is 6.09 Å². The van der Waals surface area contributed by atoms with Gasteiger partial charge in [-0.2, -0.15) is 10.2 Å². The highest BCUT2D eigenvalue weighted by Gasteiger charge is 2.28. The maximum Gasteiger partial charge on any atom is 0.410 e. The Balaban J connectivity index is 1.51. The molecule has 0 unspecified atom stereocenters. The molecule has 1 amide bonds. The molecule has 2 N–H and O–H groups in total. The van der Waals surface area contributed by atoms with Crippen LogP contribution in [0.5, 0.6) is 0 Å². The molecule has 0 saturated carbocycles. The lowest BCUT2D eigenvalue weighted by Gasteiger charge is -2.33. The van der Waals surface area contributed by atoms with E-state index in [1.54, 1.807) is 15.6 Å². The van der Waals surface area contributed by atoms with Crippen molar-refractivity contribution in [2.45, 2.75) is 52.2 Å². The number of piperidine rings is 1. The third kappa shape index (κ3) is 3.90. The summed E-state index contributed by atoms with van der Waals surface area (Å²) in [6, 6.07) is 2.30. The standard InChI is InChI=1S/C21H27BrN6O2/c1-13-16(14-9-17(22)19-18(23)11-24-27(19)12-14)10-25-28(13)15-5-7-26(8-6-15)20(29)30-21(2,3)4/h9-12,15H,5-8,23H2,1-4H3. The van der Waals surface area contributed by atoms with Crippen LogP contribution in [0.4, 0.5) is 10.5 Å². The van der Waals surface area contributed by atoms with E-state index in [4.69, 9.17) is 10.5 Å². The number of carbonyl (C=O) groups excluding carboxylic acids is 1. The Bertz CT molecular complexity index is 1090. The number of fused-ring (bicyclic) bond motifs is 1. The molecule has 1 saturated heterocycles. The lowest BCUT2D eigenvalue weighted by molar-refractivity contribution is 0.0184. The third-order valence-electron chi connectivity index (χ3n) is 5.41. The van der Waals surface area contributed by atoms with E-state index in [9.17, 15) is 4.79 Å². The van der Waals surface area contributed by atoms with Crippen LogP contribution >= 0.6 is 15.9 Å². The first-order valence-electron chi connectivity index (χ1n) is 10.1. The van der Waals surface area contributed by atoms with Crippen LogP contribution in [0.1, 0.15) is 45.3 Å². The largest absolute Gasteiger partial charge is 0.444 e. The molecular formula is C21H27BrN6O2. The van der Waals surface area contributed by atoms with E-state index in [1.165, 1.54) is 0 Å². The molecule has 8 nitrogen and oxygen atoms in total. The second-order valence-corrected chi connectivity index (χ2v) is 9.61. The van der Waals surface area contributed by atoms with Gasteiger partial charge in [0, 0.05) is 40.6 Å². The van der Waals surface area contributed by atoms with Gasteiger partial charge in [0.25, 0.3) is 0 Å². The van der Waals surface area contributed by atoms with Crippen molar-refractivity contribution in [3.05, 3.63) is 34.8 Å². The maximum absolute atomic E-state index is 12.3. The number of halogens is 1. The van der Waals surface area contributed by atoms with Gasteiger partial charge in [-0.3, -0.25) is 4.68 Å². The van der Waals surface area contributed by atoms with Crippen molar-refractivity contribution in [1.29, 1.82) is 0 Å². The summed E-state index contributed by atoms with van der Waals surface area (Å²) >= 11 is 3.61. The fraction of sp³-hybridized carbons (Fsp3) is 0.476. The first-order chi connectivity index (χ1) is 14.1. The van der Waals surface area contributed by atoms with Gasteiger partial charge in [0.1, 0.15) is 11.1 Å². The zero-order chi connectivity index (χ0) is 21.6. The van der Waals surface area contributed by atoms with Crippen molar-refractivity contribution in [1.82, 2.24) is 24.3 Å². The second kappa shape index (κ2) is 7.61. The number of nitrogens with zero attached hydrogens (tertiary/aromatic N) is 5. The molecule has 0 spiro atoms. The minimum atomic E-state index is -0.476. The van der Waals surface area contributed by atoms with Crippen molar-refractivity contribution < 1.29 is 9.53 Å². The summed E-state index contributed by atoms with van der Waals surface area (Å²) in [4.78, 5) is 14.1. The normalized spacial score (nSPS) is 15.7. The summed E-state index contributed by atoms with van der Waals surface area (Å²) in [6.45, 7) is 9.08. The molecule has 3 aromatic heterocycles. The molecule has 1 aliphatic heterocycles. The van der Waals surface area contributed by atoms with Crippen molar-refractivity contribution in [3.63, 3.8) is 0 Å². The molecule has 160 valence electrons. The number of hydrogen-bond acceptors (Lipinski definition) is 5. The number of amides is 1. The fourth-order valence-electron chi connectivity index (χ4n) is 3.94. The average molecular weight is 475 g/mol. The number of nitrogens with two attached hydrogens (primary N) is 1. The van der Waals surface area contributed by atoms with E-state index >= 15 is 0 Å². The molecule has 4 rings (SSSR count). The number of hydrogen-bond donors (Lipinski definition) is 1. The van der Waals surface area contributed by atoms with Crippen LogP contribution in [0.3, 0.4) is 0 Å². The molecule has 0 aliphatic carbocycles. The molecule has 1 fully saturated rings. The highest BCUT2D eigenvalue weighted by atomic mass is 79.9. The van der Waals surface area contributed by atoms with Crippen molar-refractivity contribution in [3.8, 4) is 11.1 Å². The number of pyridine rings is 1.